The van der Waals surface area contributed by atoms with Crippen molar-refractivity contribution in [1.82, 2.24) is 9.21 Å². The lowest BCUT2D eigenvalue weighted by atomic mass is 9.74. The Morgan fingerprint density at radius 3 is 2.39 bits per heavy atom. The van der Waals surface area contributed by atoms with Crippen LogP contribution in [0.15, 0.2) is 48.5 Å². The molecule has 1 N–H and O–H groups in total. The number of carbonyl (C=O) groups excluding carboxylic acids is 1. The van der Waals surface area contributed by atoms with Crippen LogP contribution < -0.4 is 0 Å². The normalized spacial score (nSPS) is 25.3. The van der Waals surface area contributed by atoms with Crippen LogP contribution in [-0.4, -0.2) is 66.7 Å². The highest BCUT2D eigenvalue weighted by atomic mass is 32.2. The van der Waals surface area contributed by atoms with Gasteiger partial charge in [0.05, 0.1) is 31.5 Å². The summed E-state index contributed by atoms with van der Waals surface area (Å²) in [5.41, 5.74) is 4.48. The molecular formula is C21H24N2O4S. The molecule has 0 unspecified atom stereocenters. The second-order valence-electron chi connectivity index (χ2n) is 7.64. The third-order valence-corrected chi connectivity index (χ3v) is 7.16. The number of aliphatic hydroxyl groups excluding tert-OH is 1. The van der Waals surface area contributed by atoms with Gasteiger partial charge in [0.25, 0.3) is 0 Å². The van der Waals surface area contributed by atoms with Gasteiger partial charge in [0.1, 0.15) is 0 Å². The minimum Gasteiger partial charge on any atom is -0.394 e. The van der Waals surface area contributed by atoms with Crippen LogP contribution in [0, 0.1) is 6.92 Å². The predicted molar refractivity (Wildman–Crippen MR) is 107 cm³/mol. The molecular weight excluding hydrogens is 376 g/mol. The summed E-state index contributed by atoms with van der Waals surface area (Å²) in [6.45, 7) is 2.06. The van der Waals surface area contributed by atoms with Crippen molar-refractivity contribution in [3.63, 3.8) is 0 Å². The van der Waals surface area contributed by atoms with Crippen LogP contribution in [-0.2, 0) is 14.8 Å². The van der Waals surface area contributed by atoms with E-state index < -0.39 is 10.0 Å². The molecule has 0 bridgehead atoms. The molecule has 28 heavy (non-hydrogen) atoms. The van der Waals surface area contributed by atoms with Gasteiger partial charge in [-0.2, -0.15) is 4.31 Å². The quantitative estimate of drug-likeness (QED) is 0.846. The first-order valence-corrected chi connectivity index (χ1v) is 11.2. The van der Waals surface area contributed by atoms with E-state index in [1.165, 1.54) is 15.4 Å². The average molecular weight is 401 g/mol. The molecule has 2 aliphatic heterocycles. The van der Waals surface area contributed by atoms with Gasteiger partial charge in [0.2, 0.25) is 15.9 Å². The molecule has 2 aromatic rings. The zero-order chi connectivity index (χ0) is 20.1. The van der Waals surface area contributed by atoms with Gasteiger partial charge < -0.3 is 10.0 Å². The van der Waals surface area contributed by atoms with E-state index in [0.29, 0.717) is 0 Å². The highest BCUT2D eigenvalue weighted by Crippen LogP contribution is 2.43. The molecule has 2 fully saturated rings. The lowest BCUT2D eigenvalue weighted by molar-refractivity contribution is -0.158. The highest BCUT2D eigenvalue weighted by Gasteiger charge is 2.54. The van der Waals surface area contributed by atoms with Crippen LogP contribution in [0.1, 0.15) is 17.0 Å². The fourth-order valence-electron chi connectivity index (χ4n) is 4.50. The van der Waals surface area contributed by atoms with Crippen LogP contribution in [0.2, 0.25) is 0 Å². The van der Waals surface area contributed by atoms with Crippen molar-refractivity contribution in [1.29, 1.82) is 0 Å². The van der Waals surface area contributed by atoms with E-state index in [9.17, 15) is 18.3 Å². The van der Waals surface area contributed by atoms with Gasteiger partial charge in [-0.25, -0.2) is 8.42 Å². The number of sulfonamides is 1. The standard InChI is InChI=1S/C21H24N2O4S/c1-14-5-3-4-6-17(14)15-7-9-16(10-8-15)21-18-11-22(28(2,26)27)12-20(25)23(18)19(21)13-24/h3-10,18-19,21,24H,11-13H2,1-2H3/t18-,19+,21-/m0/s1. The van der Waals surface area contributed by atoms with Gasteiger partial charge in [-0.1, -0.05) is 48.5 Å². The molecule has 1 amide bonds. The first-order chi connectivity index (χ1) is 13.3. The number of nitrogens with zero attached hydrogens (tertiary/aromatic N) is 2. The number of piperazine rings is 1. The number of rotatable bonds is 4. The van der Waals surface area contributed by atoms with Crippen LogP contribution in [0.4, 0.5) is 0 Å². The zero-order valence-electron chi connectivity index (χ0n) is 15.9. The summed E-state index contributed by atoms with van der Waals surface area (Å²) in [4.78, 5) is 14.1. The van der Waals surface area contributed by atoms with Crippen molar-refractivity contribution in [2.75, 3.05) is 26.0 Å². The van der Waals surface area contributed by atoms with Crippen LogP contribution in [0.25, 0.3) is 11.1 Å². The van der Waals surface area contributed by atoms with Gasteiger partial charge in [-0.3, -0.25) is 4.79 Å². The number of aryl methyl sites for hydroxylation is 1. The van der Waals surface area contributed by atoms with E-state index in [4.69, 9.17) is 0 Å². The number of fused-ring (bicyclic) bond motifs is 1. The lowest BCUT2D eigenvalue weighted by Gasteiger charge is -2.58. The van der Waals surface area contributed by atoms with E-state index in [1.54, 1.807) is 4.90 Å². The second-order valence-corrected chi connectivity index (χ2v) is 9.62. The van der Waals surface area contributed by atoms with E-state index in [0.717, 1.165) is 17.4 Å². The minimum absolute atomic E-state index is 0.0792. The van der Waals surface area contributed by atoms with Gasteiger partial charge in [-0.05, 0) is 29.2 Å². The molecule has 0 aliphatic carbocycles. The number of aliphatic hydroxyl groups is 1. The fourth-order valence-corrected chi connectivity index (χ4v) is 5.27. The Morgan fingerprint density at radius 1 is 1.11 bits per heavy atom. The van der Waals surface area contributed by atoms with Gasteiger partial charge in [0.15, 0.2) is 0 Å². The fraction of sp³-hybridized carbons (Fsp3) is 0.381. The predicted octanol–water partition coefficient (Wildman–Crippen LogP) is 1.59. The Kier molecular flexibility index (Phi) is 4.77. The number of amides is 1. The van der Waals surface area contributed by atoms with Gasteiger partial charge in [-0.15, -0.1) is 0 Å². The van der Waals surface area contributed by atoms with Crippen molar-refractivity contribution in [3.05, 3.63) is 59.7 Å². The average Bonchev–Trinajstić information content (AvgIpc) is 2.63. The highest BCUT2D eigenvalue weighted by molar-refractivity contribution is 7.88. The van der Waals surface area contributed by atoms with E-state index in [-0.39, 0.29) is 43.6 Å². The van der Waals surface area contributed by atoms with Crippen molar-refractivity contribution < 1.29 is 18.3 Å². The smallest absolute Gasteiger partial charge is 0.238 e. The van der Waals surface area contributed by atoms with E-state index in [1.807, 2.05) is 36.4 Å². The zero-order valence-corrected chi connectivity index (χ0v) is 16.8. The number of benzene rings is 2. The number of carbonyl (C=O) groups is 1. The molecule has 0 spiro atoms. The molecule has 2 aliphatic rings. The topological polar surface area (TPSA) is 77.9 Å². The molecule has 2 aromatic carbocycles. The first-order valence-electron chi connectivity index (χ1n) is 9.34. The molecule has 4 rings (SSSR count). The number of hydrogen-bond acceptors (Lipinski definition) is 4. The molecule has 2 heterocycles. The molecule has 6 nitrogen and oxygen atoms in total. The monoisotopic (exact) mass is 400 g/mol. The third-order valence-electron chi connectivity index (χ3n) is 5.94. The summed E-state index contributed by atoms with van der Waals surface area (Å²) in [6, 6.07) is 15.8. The summed E-state index contributed by atoms with van der Waals surface area (Å²) in [5, 5.41) is 9.84. The van der Waals surface area contributed by atoms with E-state index in [2.05, 4.69) is 19.1 Å². The molecule has 7 heteroatoms. The van der Waals surface area contributed by atoms with Crippen molar-refractivity contribution in [2.24, 2.45) is 0 Å². The summed E-state index contributed by atoms with van der Waals surface area (Å²) in [7, 11) is -3.44. The van der Waals surface area contributed by atoms with Crippen molar-refractivity contribution in [2.45, 2.75) is 24.9 Å². The maximum Gasteiger partial charge on any atom is 0.238 e. The lowest BCUT2D eigenvalue weighted by Crippen LogP contribution is -2.73. The molecule has 0 aromatic heterocycles. The van der Waals surface area contributed by atoms with E-state index >= 15 is 0 Å². The Labute approximate surface area is 165 Å². The van der Waals surface area contributed by atoms with Crippen LogP contribution >= 0.6 is 0 Å². The largest absolute Gasteiger partial charge is 0.394 e. The van der Waals surface area contributed by atoms with Crippen molar-refractivity contribution in [3.8, 4) is 11.1 Å². The minimum atomic E-state index is -3.44. The maximum absolute atomic E-state index is 12.4. The van der Waals surface area contributed by atoms with Crippen LogP contribution in [0.5, 0.6) is 0 Å². The van der Waals surface area contributed by atoms with Gasteiger partial charge >= 0.3 is 0 Å². The summed E-state index contributed by atoms with van der Waals surface area (Å²) < 4.78 is 25.1. The summed E-state index contributed by atoms with van der Waals surface area (Å²) >= 11 is 0. The van der Waals surface area contributed by atoms with Crippen molar-refractivity contribution >= 4 is 15.9 Å². The SMILES string of the molecule is Cc1ccccc1-c1ccc([C@@H]2[C@@H](CO)N3C(=O)CN(S(C)(=O)=O)C[C@@H]23)cc1. The maximum atomic E-state index is 12.4. The Balaban J connectivity index is 1.63. The Bertz CT molecular complexity index is 1000. The first kappa shape index (κ1) is 19.1. The molecule has 0 saturated carbocycles. The third kappa shape index (κ3) is 3.13. The molecule has 0 radical (unpaired) electrons. The summed E-state index contributed by atoms with van der Waals surface area (Å²) in [5.74, 6) is -0.321. The molecule has 148 valence electrons. The Morgan fingerprint density at radius 2 is 1.79 bits per heavy atom. The Hall–Kier alpha value is -2.22. The number of hydrogen-bond donors (Lipinski definition) is 1. The summed E-state index contributed by atoms with van der Waals surface area (Å²) in [6.07, 6.45) is 1.13. The van der Waals surface area contributed by atoms with Crippen LogP contribution in [0.3, 0.4) is 0 Å². The molecule has 2 saturated heterocycles. The second kappa shape index (κ2) is 6.99. The van der Waals surface area contributed by atoms with Gasteiger partial charge in [0, 0.05) is 12.5 Å². The molecule has 3 atom stereocenters.